The molecule has 0 aliphatic carbocycles. The van der Waals surface area contributed by atoms with E-state index in [1.165, 1.54) is 12.1 Å². The number of hydrogen-bond acceptors (Lipinski definition) is 7. The fourth-order valence-corrected chi connectivity index (χ4v) is 3.48. The number of hydrogen-bond donors (Lipinski definition) is 2. The number of morpholine rings is 1. The lowest BCUT2D eigenvalue weighted by molar-refractivity contribution is 0.0671. The molecule has 1 unspecified atom stereocenters. The molecular formula is C19H19Cl2FN6O. The molecule has 0 saturated carbocycles. The Morgan fingerprint density at radius 1 is 1.10 bits per heavy atom. The third kappa shape index (κ3) is 4.39. The van der Waals surface area contributed by atoms with Crippen LogP contribution in [0.3, 0.4) is 0 Å². The zero-order valence-electron chi connectivity index (χ0n) is 15.4. The standard InChI is InChI=1S/C19H19Cl2FN6O/c20-15-5-4-13(11-16(15)21)24-18-25-17(23)26-19(27-6-8-29-9-7-27)28(18)14-3-1-2-12(22)10-14/h1-5,10-11,18,24H,6-9H2,(H2,23,25). The van der Waals surface area contributed by atoms with Gasteiger partial charge in [0.15, 0.2) is 0 Å². The minimum absolute atomic E-state index is 0.122. The molecule has 7 nitrogen and oxygen atoms in total. The van der Waals surface area contributed by atoms with E-state index in [4.69, 9.17) is 33.7 Å². The molecule has 2 heterocycles. The van der Waals surface area contributed by atoms with E-state index in [1.54, 1.807) is 35.2 Å². The predicted octanol–water partition coefficient (Wildman–Crippen LogP) is 3.35. The van der Waals surface area contributed by atoms with Gasteiger partial charge in [0.05, 0.1) is 28.9 Å². The highest BCUT2D eigenvalue weighted by atomic mass is 35.5. The maximum absolute atomic E-state index is 14.0. The molecule has 1 saturated heterocycles. The third-order valence-corrected chi connectivity index (χ3v) is 5.26. The summed E-state index contributed by atoms with van der Waals surface area (Å²) in [6.07, 6.45) is -0.663. The number of aliphatic imine (C=N–C) groups is 2. The molecular weight excluding hydrogens is 418 g/mol. The molecule has 29 heavy (non-hydrogen) atoms. The van der Waals surface area contributed by atoms with E-state index in [2.05, 4.69) is 15.3 Å². The lowest BCUT2D eigenvalue weighted by Crippen LogP contribution is -2.57. The molecule has 4 rings (SSSR count). The van der Waals surface area contributed by atoms with Crippen LogP contribution in [0.25, 0.3) is 0 Å². The van der Waals surface area contributed by atoms with Gasteiger partial charge in [0.25, 0.3) is 0 Å². The highest BCUT2D eigenvalue weighted by Gasteiger charge is 2.32. The number of guanidine groups is 2. The zero-order chi connectivity index (χ0) is 20.4. The predicted molar refractivity (Wildman–Crippen MR) is 114 cm³/mol. The smallest absolute Gasteiger partial charge is 0.222 e. The van der Waals surface area contributed by atoms with Crippen LogP contribution in [0, 0.1) is 5.82 Å². The molecule has 2 aromatic rings. The molecule has 2 aromatic carbocycles. The summed E-state index contributed by atoms with van der Waals surface area (Å²) < 4.78 is 19.5. The van der Waals surface area contributed by atoms with Crippen molar-refractivity contribution in [3.63, 3.8) is 0 Å². The Kier molecular flexibility index (Phi) is 5.75. The first-order valence-electron chi connectivity index (χ1n) is 9.02. The van der Waals surface area contributed by atoms with Gasteiger partial charge < -0.3 is 20.7 Å². The molecule has 0 bridgehead atoms. The summed E-state index contributed by atoms with van der Waals surface area (Å²) in [5, 5.41) is 4.12. The average Bonchev–Trinajstić information content (AvgIpc) is 2.71. The zero-order valence-corrected chi connectivity index (χ0v) is 16.9. The summed E-state index contributed by atoms with van der Waals surface area (Å²) in [5.41, 5.74) is 7.29. The topological polar surface area (TPSA) is 78.5 Å². The van der Waals surface area contributed by atoms with Crippen molar-refractivity contribution in [3.8, 4) is 0 Å². The minimum atomic E-state index is -0.663. The number of benzene rings is 2. The molecule has 0 amide bonds. The van der Waals surface area contributed by atoms with Crippen molar-refractivity contribution < 1.29 is 9.13 Å². The first-order chi connectivity index (χ1) is 14.0. The summed E-state index contributed by atoms with van der Waals surface area (Å²) >= 11 is 12.2. The van der Waals surface area contributed by atoms with Crippen molar-refractivity contribution in [3.05, 3.63) is 58.3 Å². The van der Waals surface area contributed by atoms with Gasteiger partial charge >= 0.3 is 0 Å². The van der Waals surface area contributed by atoms with Crippen LogP contribution in [0.5, 0.6) is 0 Å². The van der Waals surface area contributed by atoms with Gasteiger partial charge in [-0.1, -0.05) is 29.3 Å². The highest BCUT2D eigenvalue weighted by molar-refractivity contribution is 6.42. The molecule has 10 heteroatoms. The SMILES string of the molecule is NC1=NC(Nc2ccc(Cl)c(Cl)c2)N(c2cccc(F)c2)C(N2CCOCC2)=N1. The first kappa shape index (κ1) is 19.8. The van der Waals surface area contributed by atoms with Gasteiger partial charge in [0.1, 0.15) is 5.82 Å². The van der Waals surface area contributed by atoms with E-state index < -0.39 is 6.29 Å². The van der Waals surface area contributed by atoms with Crippen molar-refractivity contribution in [2.45, 2.75) is 6.29 Å². The van der Waals surface area contributed by atoms with Crippen LogP contribution in [-0.4, -0.2) is 49.4 Å². The lowest BCUT2D eigenvalue weighted by Gasteiger charge is -2.41. The molecule has 152 valence electrons. The molecule has 1 atom stereocenters. The number of rotatable bonds is 3. The largest absolute Gasteiger partial charge is 0.378 e. The van der Waals surface area contributed by atoms with Crippen LogP contribution in [0.4, 0.5) is 15.8 Å². The fourth-order valence-electron chi connectivity index (χ4n) is 3.18. The van der Waals surface area contributed by atoms with E-state index >= 15 is 0 Å². The average molecular weight is 437 g/mol. The van der Waals surface area contributed by atoms with E-state index in [0.29, 0.717) is 53.7 Å². The Balaban J connectivity index is 1.73. The second kappa shape index (κ2) is 8.44. The van der Waals surface area contributed by atoms with Gasteiger partial charge in [0.2, 0.25) is 18.2 Å². The molecule has 2 aliphatic heterocycles. The van der Waals surface area contributed by atoms with Crippen molar-refractivity contribution in [2.24, 2.45) is 15.7 Å². The van der Waals surface area contributed by atoms with Crippen LogP contribution < -0.4 is 16.0 Å². The van der Waals surface area contributed by atoms with Crippen LogP contribution in [0.2, 0.25) is 10.0 Å². The van der Waals surface area contributed by atoms with Crippen LogP contribution in [-0.2, 0) is 4.74 Å². The Morgan fingerprint density at radius 3 is 2.62 bits per heavy atom. The minimum Gasteiger partial charge on any atom is -0.378 e. The van der Waals surface area contributed by atoms with Crippen molar-refractivity contribution in [1.82, 2.24) is 4.90 Å². The Hall–Kier alpha value is -2.55. The molecule has 3 N–H and O–H groups in total. The maximum atomic E-state index is 14.0. The van der Waals surface area contributed by atoms with Crippen LogP contribution in [0.1, 0.15) is 0 Å². The number of nitrogens with zero attached hydrogens (tertiary/aromatic N) is 4. The van der Waals surface area contributed by atoms with Gasteiger partial charge in [-0.3, -0.25) is 4.90 Å². The van der Waals surface area contributed by atoms with E-state index in [9.17, 15) is 4.39 Å². The highest BCUT2D eigenvalue weighted by Crippen LogP contribution is 2.28. The molecule has 0 radical (unpaired) electrons. The quantitative estimate of drug-likeness (QED) is 0.770. The van der Waals surface area contributed by atoms with Gasteiger partial charge in [-0.05, 0) is 36.4 Å². The van der Waals surface area contributed by atoms with E-state index in [0.717, 1.165) is 0 Å². The molecule has 2 aliphatic rings. The Labute approximate surface area is 177 Å². The fraction of sp³-hybridized carbons (Fsp3) is 0.263. The number of halogens is 3. The van der Waals surface area contributed by atoms with Crippen LogP contribution >= 0.6 is 23.2 Å². The van der Waals surface area contributed by atoms with Crippen molar-refractivity contribution >= 4 is 46.5 Å². The normalized spacial score (nSPS) is 19.6. The first-order valence-corrected chi connectivity index (χ1v) is 9.78. The molecule has 0 aromatic heterocycles. The Morgan fingerprint density at radius 2 is 1.90 bits per heavy atom. The van der Waals surface area contributed by atoms with Crippen LogP contribution in [0.15, 0.2) is 52.4 Å². The van der Waals surface area contributed by atoms with Gasteiger partial charge in [-0.15, -0.1) is 0 Å². The maximum Gasteiger partial charge on any atom is 0.222 e. The molecule has 1 fully saturated rings. The van der Waals surface area contributed by atoms with Gasteiger partial charge in [-0.2, -0.15) is 4.99 Å². The van der Waals surface area contributed by atoms with Gasteiger partial charge in [-0.25, -0.2) is 9.38 Å². The lowest BCUT2D eigenvalue weighted by atomic mass is 10.2. The Bertz CT molecular complexity index is 963. The second-order valence-corrected chi connectivity index (χ2v) is 7.31. The van der Waals surface area contributed by atoms with E-state index in [-0.39, 0.29) is 11.8 Å². The van der Waals surface area contributed by atoms with E-state index in [1.807, 2.05) is 4.90 Å². The third-order valence-electron chi connectivity index (χ3n) is 4.52. The summed E-state index contributed by atoms with van der Waals surface area (Å²) in [4.78, 5) is 12.7. The van der Waals surface area contributed by atoms with Crippen molar-refractivity contribution in [1.29, 1.82) is 0 Å². The van der Waals surface area contributed by atoms with Crippen molar-refractivity contribution in [2.75, 3.05) is 36.5 Å². The van der Waals surface area contributed by atoms with Gasteiger partial charge in [0, 0.05) is 18.8 Å². The second-order valence-electron chi connectivity index (χ2n) is 6.50. The summed E-state index contributed by atoms with van der Waals surface area (Å²) in [7, 11) is 0. The number of anilines is 2. The molecule has 0 spiro atoms. The monoisotopic (exact) mass is 436 g/mol. The number of ether oxygens (including phenoxy) is 1. The summed E-state index contributed by atoms with van der Waals surface area (Å²) in [5.74, 6) is 0.334. The summed E-state index contributed by atoms with van der Waals surface area (Å²) in [6, 6.07) is 11.4. The number of nitrogens with two attached hydrogens (primary N) is 1. The number of nitrogens with one attached hydrogen (secondary N) is 1. The summed E-state index contributed by atoms with van der Waals surface area (Å²) in [6.45, 7) is 2.41.